The summed E-state index contributed by atoms with van der Waals surface area (Å²) in [5, 5.41) is 6.61. The van der Waals surface area contributed by atoms with Gasteiger partial charge in [0.05, 0.1) is 26.9 Å². The van der Waals surface area contributed by atoms with Gasteiger partial charge in [0.25, 0.3) is 0 Å². The number of nitrogens with one attached hydrogen (secondary N) is 2. The number of halogens is 1. The molecule has 0 unspecified atom stereocenters. The molecule has 7 heteroatoms. The van der Waals surface area contributed by atoms with Gasteiger partial charge in [0.15, 0.2) is 17.5 Å². The van der Waals surface area contributed by atoms with Crippen molar-refractivity contribution in [3.05, 3.63) is 53.6 Å². The zero-order valence-electron chi connectivity index (χ0n) is 17.7. The third-order valence-corrected chi connectivity index (χ3v) is 4.06. The summed E-state index contributed by atoms with van der Waals surface area (Å²) < 4.78 is 16.6. The number of methoxy groups -OCH3 is 1. The van der Waals surface area contributed by atoms with Crippen molar-refractivity contribution >= 4 is 35.6 Å². The molecule has 0 fully saturated rings. The first-order valence-electron chi connectivity index (χ1n) is 9.72. The summed E-state index contributed by atoms with van der Waals surface area (Å²) in [6, 6.07) is 14.0. The molecule has 0 aliphatic rings. The summed E-state index contributed by atoms with van der Waals surface area (Å²) in [4.78, 5) is 4.73. The van der Waals surface area contributed by atoms with Crippen LogP contribution in [0.3, 0.4) is 0 Å². The third kappa shape index (κ3) is 8.10. The highest BCUT2D eigenvalue weighted by Gasteiger charge is 2.07. The van der Waals surface area contributed by atoms with Gasteiger partial charge < -0.3 is 24.8 Å². The summed E-state index contributed by atoms with van der Waals surface area (Å²) >= 11 is 0. The molecule has 0 radical (unpaired) electrons. The van der Waals surface area contributed by atoms with Crippen molar-refractivity contribution in [2.45, 2.75) is 33.9 Å². The fourth-order valence-electron chi connectivity index (χ4n) is 2.69. The Morgan fingerprint density at radius 3 is 2.38 bits per heavy atom. The van der Waals surface area contributed by atoms with Gasteiger partial charge in [-0.15, -0.1) is 24.0 Å². The van der Waals surface area contributed by atoms with E-state index in [1.54, 1.807) is 7.11 Å². The normalized spacial score (nSPS) is 10.8. The van der Waals surface area contributed by atoms with Gasteiger partial charge in [0.1, 0.15) is 0 Å². The molecule has 0 atom stereocenters. The van der Waals surface area contributed by atoms with Gasteiger partial charge in [-0.3, -0.25) is 0 Å². The molecule has 6 nitrogen and oxygen atoms in total. The maximum absolute atomic E-state index is 5.58. The van der Waals surface area contributed by atoms with Crippen LogP contribution in [0.15, 0.2) is 47.5 Å². The highest BCUT2D eigenvalue weighted by atomic mass is 127. The second-order valence-corrected chi connectivity index (χ2v) is 6.02. The number of aliphatic imine (C=N–C) groups is 1. The van der Waals surface area contributed by atoms with Crippen LogP contribution in [0.1, 0.15) is 31.9 Å². The summed E-state index contributed by atoms with van der Waals surface area (Å²) in [6.45, 7) is 9.20. The molecule has 2 aromatic rings. The minimum Gasteiger partial charge on any atom is -0.493 e. The molecule has 2 aromatic carbocycles. The quantitative estimate of drug-likeness (QED) is 0.271. The van der Waals surface area contributed by atoms with Crippen LogP contribution in [-0.4, -0.2) is 32.8 Å². The molecule has 0 aliphatic heterocycles. The van der Waals surface area contributed by atoms with Crippen LogP contribution in [-0.2, 0) is 17.9 Å². The lowest BCUT2D eigenvalue weighted by Gasteiger charge is -2.15. The highest BCUT2D eigenvalue weighted by Crippen LogP contribution is 2.30. The zero-order valence-corrected chi connectivity index (χ0v) is 20.0. The van der Waals surface area contributed by atoms with E-state index in [-0.39, 0.29) is 24.0 Å². The number of hydrogen-bond acceptors (Lipinski definition) is 4. The number of guanidine groups is 1. The lowest BCUT2D eigenvalue weighted by atomic mass is 10.1. The Balaban J connectivity index is 0.00000420. The Kier molecular flexibility index (Phi) is 12.1. The van der Waals surface area contributed by atoms with Crippen molar-refractivity contribution in [3.63, 3.8) is 0 Å². The number of hydrogen-bond donors (Lipinski definition) is 2. The van der Waals surface area contributed by atoms with Gasteiger partial charge in [-0.05, 0) is 44.0 Å². The van der Waals surface area contributed by atoms with Crippen LogP contribution >= 0.6 is 24.0 Å². The Labute approximate surface area is 191 Å². The molecular formula is C22H32IN3O3. The van der Waals surface area contributed by atoms with E-state index >= 15 is 0 Å². The minimum atomic E-state index is 0. The molecule has 0 spiro atoms. The van der Waals surface area contributed by atoms with Gasteiger partial charge in [-0.25, -0.2) is 4.99 Å². The molecule has 0 aliphatic carbocycles. The number of benzene rings is 2. The molecule has 2 N–H and O–H groups in total. The summed E-state index contributed by atoms with van der Waals surface area (Å²) in [5.74, 6) is 2.12. The summed E-state index contributed by atoms with van der Waals surface area (Å²) in [6.07, 6.45) is 0. The van der Waals surface area contributed by atoms with E-state index in [4.69, 9.17) is 19.2 Å². The van der Waals surface area contributed by atoms with Crippen LogP contribution in [0.5, 0.6) is 11.5 Å². The topological polar surface area (TPSA) is 64.1 Å². The number of rotatable bonds is 10. The second kappa shape index (κ2) is 14.1. The first kappa shape index (κ1) is 25.0. The van der Waals surface area contributed by atoms with Crippen LogP contribution in [0.2, 0.25) is 0 Å². The van der Waals surface area contributed by atoms with E-state index in [2.05, 4.69) is 22.8 Å². The number of nitrogens with zero attached hydrogens (tertiary/aromatic N) is 1. The van der Waals surface area contributed by atoms with Crippen LogP contribution in [0.4, 0.5) is 5.69 Å². The van der Waals surface area contributed by atoms with E-state index in [9.17, 15) is 0 Å². The molecular weight excluding hydrogens is 481 g/mol. The molecule has 0 saturated heterocycles. The van der Waals surface area contributed by atoms with Crippen molar-refractivity contribution in [1.29, 1.82) is 0 Å². The Bertz CT molecular complexity index is 769. The average molecular weight is 513 g/mol. The maximum Gasteiger partial charge on any atom is 0.196 e. The van der Waals surface area contributed by atoms with Gasteiger partial charge in [-0.2, -0.15) is 0 Å². The van der Waals surface area contributed by atoms with Crippen molar-refractivity contribution in [2.75, 3.05) is 32.2 Å². The molecule has 0 saturated carbocycles. The lowest BCUT2D eigenvalue weighted by molar-refractivity contribution is 0.133. The molecule has 0 amide bonds. The smallest absolute Gasteiger partial charge is 0.196 e. The Hall–Kier alpha value is -2.00. The van der Waals surface area contributed by atoms with E-state index in [0.29, 0.717) is 38.1 Å². The van der Waals surface area contributed by atoms with E-state index < -0.39 is 0 Å². The number of anilines is 1. The maximum atomic E-state index is 5.58. The first-order valence-corrected chi connectivity index (χ1v) is 9.72. The van der Waals surface area contributed by atoms with E-state index in [0.717, 1.165) is 29.1 Å². The molecule has 0 bridgehead atoms. The molecule has 0 aromatic heterocycles. The lowest BCUT2D eigenvalue weighted by Crippen LogP contribution is -2.30. The van der Waals surface area contributed by atoms with E-state index in [1.165, 1.54) is 0 Å². The largest absolute Gasteiger partial charge is 0.493 e. The van der Waals surface area contributed by atoms with Gasteiger partial charge in [-0.1, -0.05) is 24.3 Å². The SMILES string of the molecule is CCNC(=NCc1ccccc1COCC)Nc1ccc(OCC)c(OC)c1.I. The van der Waals surface area contributed by atoms with Crippen molar-refractivity contribution in [3.8, 4) is 11.5 Å². The van der Waals surface area contributed by atoms with E-state index in [1.807, 2.05) is 51.1 Å². The number of ether oxygens (including phenoxy) is 3. The van der Waals surface area contributed by atoms with Crippen LogP contribution < -0.4 is 20.1 Å². The predicted molar refractivity (Wildman–Crippen MR) is 130 cm³/mol. The average Bonchev–Trinajstić information content (AvgIpc) is 2.72. The zero-order chi connectivity index (χ0) is 20.2. The third-order valence-electron chi connectivity index (χ3n) is 4.06. The van der Waals surface area contributed by atoms with Crippen LogP contribution in [0, 0.1) is 0 Å². The monoisotopic (exact) mass is 513 g/mol. The standard InChI is InChI=1S/C22H31N3O3.HI/c1-5-23-22(24-15-17-10-8-9-11-18(17)16-27-6-2)25-19-12-13-20(28-7-3)21(14-19)26-4;/h8-14H,5-7,15-16H2,1-4H3,(H2,23,24,25);1H. The van der Waals surface area contributed by atoms with Gasteiger partial charge >= 0.3 is 0 Å². The summed E-state index contributed by atoms with van der Waals surface area (Å²) in [7, 11) is 1.64. The molecule has 29 heavy (non-hydrogen) atoms. The fourth-order valence-corrected chi connectivity index (χ4v) is 2.69. The van der Waals surface area contributed by atoms with Gasteiger partial charge in [0.2, 0.25) is 0 Å². The predicted octanol–water partition coefficient (Wildman–Crippen LogP) is 4.83. The first-order chi connectivity index (χ1) is 13.7. The minimum absolute atomic E-state index is 0. The Morgan fingerprint density at radius 2 is 1.72 bits per heavy atom. The Morgan fingerprint density at radius 1 is 0.966 bits per heavy atom. The van der Waals surface area contributed by atoms with Crippen molar-refractivity contribution in [2.24, 2.45) is 4.99 Å². The second-order valence-electron chi connectivity index (χ2n) is 6.02. The molecule has 160 valence electrons. The van der Waals surface area contributed by atoms with Gasteiger partial charge in [0, 0.05) is 24.9 Å². The molecule has 2 rings (SSSR count). The fraction of sp³-hybridized carbons (Fsp3) is 0.409. The van der Waals surface area contributed by atoms with Crippen molar-refractivity contribution < 1.29 is 14.2 Å². The summed E-state index contributed by atoms with van der Waals surface area (Å²) in [5.41, 5.74) is 3.19. The molecule has 0 heterocycles. The van der Waals surface area contributed by atoms with Crippen LogP contribution in [0.25, 0.3) is 0 Å². The van der Waals surface area contributed by atoms with Crippen molar-refractivity contribution in [1.82, 2.24) is 5.32 Å². The highest BCUT2D eigenvalue weighted by molar-refractivity contribution is 14.0.